The summed E-state index contributed by atoms with van der Waals surface area (Å²) < 4.78 is 1.74. The van der Waals surface area contributed by atoms with Gasteiger partial charge in [-0.05, 0) is 42.7 Å². The van der Waals surface area contributed by atoms with E-state index in [1.54, 1.807) is 4.57 Å². The molecule has 0 saturated carbocycles. The van der Waals surface area contributed by atoms with Crippen molar-refractivity contribution in [3.05, 3.63) is 56.1 Å². The largest absolute Gasteiger partial charge is 0.349 e. The highest BCUT2D eigenvalue weighted by atomic mass is 32.1. The number of hydrogen-bond donors (Lipinski definition) is 1. The Morgan fingerprint density at radius 3 is 2.33 bits per heavy atom. The number of carbonyl (C=O) groups is 1. The molecule has 2 rings (SSSR count). The van der Waals surface area contributed by atoms with Crippen LogP contribution < -0.4 is 10.2 Å². The van der Waals surface area contributed by atoms with Gasteiger partial charge in [0.25, 0.3) is 0 Å². The Morgan fingerprint density at radius 1 is 1.15 bits per heavy atom. The Bertz CT molecular complexity index is 787. The highest BCUT2D eigenvalue weighted by Crippen LogP contribution is 2.23. The Kier molecular flexibility index (Phi) is 7.84. The number of aryl methyl sites for hydroxylation is 1. The minimum atomic E-state index is 0.0104. The molecule has 1 heterocycles. The number of rotatable bonds is 9. The van der Waals surface area contributed by atoms with E-state index in [4.69, 9.17) is 0 Å². The topological polar surface area (TPSA) is 51.1 Å². The summed E-state index contributed by atoms with van der Waals surface area (Å²) in [6.45, 7) is 11.2. The van der Waals surface area contributed by atoms with Crippen LogP contribution in [-0.4, -0.2) is 10.5 Å². The van der Waals surface area contributed by atoms with Gasteiger partial charge in [-0.15, -0.1) is 0 Å². The van der Waals surface area contributed by atoms with Crippen LogP contribution in [-0.2, 0) is 17.8 Å². The van der Waals surface area contributed by atoms with Crippen LogP contribution in [0.5, 0.6) is 0 Å². The third kappa shape index (κ3) is 6.35. The highest BCUT2D eigenvalue weighted by molar-refractivity contribution is 7.07. The third-order valence-corrected chi connectivity index (χ3v) is 5.61. The van der Waals surface area contributed by atoms with E-state index >= 15 is 0 Å². The van der Waals surface area contributed by atoms with Crippen LogP contribution in [0.15, 0.2) is 34.4 Å². The van der Waals surface area contributed by atoms with Crippen LogP contribution >= 0.6 is 11.3 Å². The lowest BCUT2D eigenvalue weighted by atomic mass is 9.93. The molecular weight excluding hydrogens is 356 g/mol. The monoisotopic (exact) mass is 388 g/mol. The standard InChI is InChI=1S/C22H32N2O2S/c1-15(2)13-18-8-10-19(11-9-18)21(16(3)4)23-20(25)7-6-12-24-17(5)14-27-22(24)26/h8-11,14-16,21H,6-7,12-13H2,1-5H3,(H,23,25)/t21-/m1/s1. The molecule has 0 saturated heterocycles. The predicted octanol–water partition coefficient (Wildman–Crippen LogP) is 4.71. The maximum Gasteiger partial charge on any atom is 0.307 e. The molecule has 1 atom stereocenters. The fraction of sp³-hybridized carbons (Fsp3) is 0.545. The molecule has 148 valence electrons. The van der Waals surface area contributed by atoms with Crippen molar-refractivity contribution in [1.82, 2.24) is 9.88 Å². The predicted molar refractivity (Wildman–Crippen MR) is 113 cm³/mol. The molecule has 0 unspecified atom stereocenters. The quantitative estimate of drug-likeness (QED) is 0.676. The van der Waals surface area contributed by atoms with E-state index in [0.717, 1.165) is 17.7 Å². The molecule has 1 aromatic carbocycles. The van der Waals surface area contributed by atoms with Crippen molar-refractivity contribution in [2.45, 2.75) is 66.5 Å². The third-order valence-electron chi connectivity index (χ3n) is 4.73. The van der Waals surface area contributed by atoms with Gasteiger partial charge in [-0.3, -0.25) is 9.59 Å². The molecule has 0 aliphatic heterocycles. The Morgan fingerprint density at radius 2 is 1.81 bits per heavy atom. The summed E-state index contributed by atoms with van der Waals surface area (Å²) in [6.07, 6.45) is 2.16. The molecule has 1 aromatic heterocycles. The van der Waals surface area contributed by atoms with E-state index in [1.165, 1.54) is 16.9 Å². The Balaban J connectivity index is 1.93. The lowest BCUT2D eigenvalue weighted by Gasteiger charge is -2.23. The molecule has 0 fully saturated rings. The van der Waals surface area contributed by atoms with Crippen LogP contribution in [0.4, 0.5) is 0 Å². The normalized spacial score (nSPS) is 12.6. The van der Waals surface area contributed by atoms with Crippen molar-refractivity contribution in [2.24, 2.45) is 11.8 Å². The van der Waals surface area contributed by atoms with E-state index in [1.807, 2.05) is 12.3 Å². The highest BCUT2D eigenvalue weighted by Gasteiger charge is 2.18. The summed E-state index contributed by atoms with van der Waals surface area (Å²) in [5.74, 6) is 0.989. The van der Waals surface area contributed by atoms with Gasteiger partial charge >= 0.3 is 4.87 Å². The number of hydrogen-bond acceptors (Lipinski definition) is 3. The zero-order valence-electron chi connectivity index (χ0n) is 17.1. The first kappa shape index (κ1) is 21.4. The SMILES string of the molecule is Cc1csc(=O)n1CCCC(=O)N[C@@H](c1ccc(CC(C)C)cc1)C(C)C. The van der Waals surface area contributed by atoms with Gasteiger partial charge in [0.1, 0.15) is 0 Å². The number of aromatic nitrogens is 1. The van der Waals surface area contributed by atoms with Crippen molar-refractivity contribution < 1.29 is 4.79 Å². The van der Waals surface area contributed by atoms with Gasteiger partial charge in [0, 0.05) is 24.0 Å². The van der Waals surface area contributed by atoms with Crippen molar-refractivity contribution in [1.29, 1.82) is 0 Å². The second-order valence-electron chi connectivity index (χ2n) is 8.03. The molecule has 0 aliphatic carbocycles. The first-order valence-corrected chi connectivity index (χ1v) is 10.7. The zero-order valence-corrected chi connectivity index (χ0v) is 17.9. The van der Waals surface area contributed by atoms with Crippen molar-refractivity contribution in [2.75, 3.05) is 0 Å². The fourth-order valence-corrected chi connectivity index (χ4v) is 4.05. The van der Waals surface area contributed by atoms with E-state index in [-0.39, 0.29) is 16.8 Å². The van der Waals surface area contributed by atoms with E-state index in [2.05, 4.69) is 57.3 Å². The first-order valence-electron chi connectivity index (χ1n) is 9.81. The first-order chi connectivity index (χ1) is 12.8. The number of nitrogens with zero attached hydrogens (tertiary/aromatic N) is 1. The smallest absolute Gasteiger partial charge is 0.307 e. The van der Waals surface area contributed by atoms with Crippen LogP contribution in [0.3, 0.4) is 0 Å². The van der Waals surface area contributed by atoms with E-state index in [9.17, 15) is 9.59 Å². The maximum atomic E-state index is 12.4. The summed E-state index contributed by atoms with van der Waals surface area (Å²) in [7, 11) is 0. The lowest BCUT2D eigenvalue weighted by molar-refractivity contribution is -0.122. The second kappa shape index (κ2) is 9.88. The summed E-state index contributed by atoms with van der Waals surface area (Å²) in [5.41, 5.74) is 3.45. The molecule has 1 N–H and O–H groups in total. The van der Waals surface area contributed by atoms with Crippen LogP contribution in [0.1, 0.15) is 63.4 Å². The number of nitrogens with one attached hydrogen (secondary N) is 1. The van der Waals surface area contributed by atoms with Crippen LogP contribution in [0, 0.1) is 18.8 Å². The summed E-state index contributed by atoms with van der Waals surface area (Å²) in [6, 6.07) is 8.62. The average Bonchev–Trinajstić information content (AvgIpc) is 2.92. The van der Waals surface area contributed by atoms with E-state index in [0.29, 0.717) is 31.2 Å². The van der Waals surface area contributed by atoms with Crippen LogP contribution in [0.2, 0.25) is 0 Å². The number of benzene rings is 1. The molecule has 27 heavy (non-hydrogen) atoms. The van der Waals surface area contributed by atoms with E-state index < -0.39 is 0 Å². The van der Waals surface area contributed by atoms with Crippen molar-refractivity contribution in [3.63, 3.8) is 0 Å². The maximum absolute atomic E-state index is 12.4. The van der Waals surface area contributed by atoms with Gasteiger partial charge in [-0.25, -0.2) is 0 Å². The van der Waals surface area contributed by atoms with Crippen LogP contribution in [0.25, 0.3) is 0 Å². The zero-order chi connectivity index (χ0) is 20.0. The van der Waals surface area contributed by atoms with Gasteiger partial charge in [-0.1, -0.05) is 63.3 Å². The van der Waals surface area contributed by atoms with Gasteiger partial charge in [-0.2, -0.15) is 0 Å². The van der Waals surface area contributed by atoms with Gasteiger partial charge in [0.05, 0.1) is 6.04 Å². The number of carbonyl (C=O) groups excluding carboxylic acids is 1. The minimum Gasteiger partial charge on any atom is -0.349 e. The minimum absolute atomic E-state index is 0.0104. The lowest BCUT2D eigenvalue weighted by Crippen LogP contribution is -2.32. The summed E-state index contributed by atoms with van der Waals surface area (Å²) in [5, 5.41) is 5.04. The Labute approximate surface area is 166 Å². The summed E-state index contributed by atoms with van der Waals surface area (Å²) >= 11 is 1.21. The average molecular weight is 389 g/mol. The van der Waals surface area contributed by atoms with Gasteiger partial charge < -0.3 is 9.88 Å². The van der Waals surface area contributed by atoms with Gasteiger partial charge in [0.2, 0.25) is 5.91 Å². The molecule has 0 spiro atoms. The molecule has 5 heteroatoms. The molecular formula is C22H32N2O2S. The molecule has 1 amide bonds. The molecule has 0 radical (unpaired) electrons. The molecule has 0 aliphatic rings. The van der Waals surface area contributed by atoms with Crippen molar-refractivity contribution in [3.8, 4) is 0 Å². The molecule has 2 aromatic rings. The molecule has 0 bridgehead atoms. The fourth-order valence-electron chi connectivity index (χ4n) is 3.29. The number of amides is 1. The number of thiazole rings is 1. The Hall–Kier alpha value is -1.88. The summed E-state index contributed by atoms with van der Waals surface area (Å²) in [4.78, 5) is 24.2. The van der Waals surface area contributed by atoms with Gasteiger partial charge in [0.15, 0.2) is 0 Å². The second-order valence-corrected chi connectivity index (χ2v) is 8.85. The molecule has 4 nitrogen and oxygen atoms in total. The van der Waals surface area contributed by atoms with Crippen molar-refractivity contribution >= 4 is 17.2 Å².